The molecule has 100 valence electrons. The van der Waals surface area contributed by atoms with Crippen molar-refractivity contribution in [3.63, 3.8) is 0 Å². The van der Waals surface area contributed by atoms with Crippen LogP contribution in [0, 0.1) is 5.82 Å². The molecular weight excluding hydrogens is 325 g/mol. The van der Waals surface area contributed by atoms with Gasteiger partial charge in [0.2, 0.25) is 0 Å². The molecule has 0 fully saturated rings. The number of carbonyl (C=O) groups is 1. The van der Waals surface area contributed by atoms with Crippen LogP contribution < -0.4 is 0 Å². The van der Waals surface area contributed by atoms with E-state index in [0.717, 1.165) is 28.2 Å². The molecular formula is C11H13BrFNO3S. The number of hydrogen-bond donors (Lipinski definition) is 2. The number of amides is 1. The quantitative estimate of drug-likeness (QED) is 0.653. The summed E-state index contributed by atoms with van der Waals surface area (Å²) in [5, 5.41) is 0.787. The van der Waals surface area contributed by atoms with Crippen LogP contribution >= 0.6 is 26.7 Å². The van der Waals surface area contributed by atoms with Crippen molar-refractivity contribution in [2.24, 2.45) is 0 Å². The molecule has 0 spiro atoms. The number of alkyl halides is 1. The number of benzene rings is 1. The number of hydrogen-bond acceptors (Lipinski definition) is 3. The zero-order chi connectivity index (χ0) is 13.3. The number of unbranched alkanes of at least 4 members (excludes halogenated alkanes) is 1. The predicted molar refractivity (Wildman–Crippen MR) is 71.6 cm³/mol. The summed E-state index contributed by atoms with van der Waals surface area (Å²) >= 11 is 3.27. The lowest BCUT2D eigenvalue weighted by molar-refractivity contribution is 0.0861. The molecule has 4 nitrogen and oxygen atoms in total. The first kappa shape index (κ1) is 13.8. The van der Waals surface area contributed by atoms with Crippen molar-refractivity contribution in [1.82, 2.24) is 4.31 Å². The van der Waals surface area contributed by atoms with E-state index in [-0.39, 0.29) is 17.0 Å². The van der Waals surface area contributed by atoms with Crippen molar-refractivity contribution in [3.05, 3.63) is 29.6 Å². The monoisotopic (exact) mass is 337 g/mol. The van der Waals surface area contributed by atoms with E-state index in [9.17, 15) is 18.3 Å². The van der Waals surface area contributed by atoms with Gasteiger partial charge in [-0.2, -0.15) is 0 Å². The van der Waals surface area contributed by atoms with Gasteiger partial charge < -0.3 is 0 Å². The lowest BCUT2D eigenvalue weighted by Gasteiger charge is -2.36. The lowest BCUT2D eigenvalue weighted by Crippen LogP contribution is -2.28. The molecule has 0 unspecified atom stereocenters. The number of rotatable bonds is 4. The van der Waals surface area contributed by atoms with Crippen LogP contribution in [0.1, 0.15) is 23.2 Å². The van der Waals surface area contributed by atoms with Crippen molar-refractivity contribution in [2.45, 2.75) is 17.7 Å². The molecule has 0 radical (unpaired) electrons. The highest BCUT2D eigenvalue weighted by Gasteiger charge is 2.41. The smallest absolute Gasteiger partial charge is 0.274 e. The Balaban J connectivity index is 2.29. The predicted octanol–water partition coefficient (Wildman–Crippen LogP) is 3.48. The van der Waals surface area contributed by atoms with Crippen molar-refractivity contribution < 1.29 is 18.3 Å². The highest BCUT2D eigenvalue weighted by molar-refractivity contribution is 9.09. The Morgan fingerprint density at radius 1 is 1.33 bits per heavy atom. The zero-order valence-corrected chi connectivity index (χ0v) is 11.9. The Kier molecular flexibility index (Phi) is 3.96. The molecule has 2 N–H and O–H groups in total. The standard InChI is InChI=1S/C11H13BrFNO3S/c12-5-1-2-6-14-11(15)9-7-8(13)3-4-10(9)18(14,16)17/h3-4,7,16-17H,1-2,5-6H2. The Hall–Kier alpha value is -0.630. The van der Waals surface area contributed by atoms with Gasteiger partial charge in [0.05, 0.1) is 10.5 Å². The minimum atomic E-state index is -3.29. The van der Waals surface area contributed by atoms with Crippen LogP contribution in [-0.4, -0.2) is 31.2 Å². The molecule has 0 aliphatic carbocycles. The van der Waals surface area contributed by atoms with Crippen LogP contribution in [-0.2, 0) is 0 Å². The fourth-order valence-electron chi connectivity index (χ4n) is 1.86. The van der Waals surface area contributed by atoms with E-state index in [4.69, 9.17) is 0 Å². The fraction of sp³-hybridized carbons (Fsp3) is 0.364. The molecule has 1 aliphatic heterocycles. The van der Waals surface area contributed by atoms with Crippen LogP contribution in [0.4, 0.5) is 4.39 Å². The Morgan fingerprint density at radius 3 is 2.72 bits per heavy atom. The largest absolute Gasteiger partial charge is 0.277 e. The van der Waals surface area contributed by atoms with E-state index in [2.05, 4.69) is 15.9 Å². The second kappa shape index (κ2) is 5.16. The third kappa shape index (κ3) is 2.27. The van der Waals surface area contributed by atoms with Gasteiger partial charge in [-0.1, -0.05) is 26.7 Å². The highest BCUT2D eigenvalue weighted by atomic mass is 79.9. The van der Waals surface area contributed by atoms with Gasteiger partial charge in [-0.15, -0.1) is 0 Å². The summed E-state index contributed by atoms with van der Waals surface area (Å²) in [6.45, 7) is 0.253. The van der Waals surface area contributed by atoms with Crippen LogP contribution in [0.5, 0.6) is 0 Å². The normalized spacial score (nSPS) is 18.9. The van der Waals surface area contributed by atoms with Gasteiger partial charge in [-0.05, 0) is 31.0 Å². The first-order valence-corrected chi connectivity index (χ1v) is 8.07. The maximum absolute atomic E-state index is 13.1. The maximum Gasteiger partial charge on any atom is 0.274 e. The number of fused-ring (bicyclic) bond motifs is 1. The van der Waals surface area contributed by atoms with Crippen LogP contribution in [0.2, 0.25) is 0 Å². The van der Waals surface area contributed by atoms with Gasteiger partial charge in [-0.3, -0.25) is 13.9 Å². The summed E-state index contributed by atoms with van der Waals surface area (Å²) in [4.78, 5) is 12.1. The molecule has 1 heterocycles. The average molecular weight is 338 g/mol. The first-order valence-electron chi connectivity index (χ1n) is 5.44. The SMILES string of the molecule is O=C1c2cc(F)ccc2S(O)(O)N1CCCCBr. The summed E-state index contributed by atoms with van der Waals surface area (Å²) in [7, 11) is -3.29. The summed E-state index contributed by atoms with van der Waals surface area (Å²) < 4.78 is 34.3. The maximum atomic E-state index is 13.1. The summed E-state index contributed by atoms with van der Waals surface area (Å²) in [6.07, 6.45) is 1.48. The number of halogens is 2. The second-order valence-corrected chi connectivity index (χ2v) is 6.67. The number of carbonyl (C=O) groups excluding carboxylic acids is 1. The van der Waals surface area contributed by atoms with E-state index in [0.29, 0.717) is 6.42 Å². The first-order chi connectivity index (χ1) is 8.48. The molecule has 1 aliphatic rings. The van der Waals surface area contributed by atoms with Gasteiger partial charge in [-0.25, -0.2) is 8.70 Å². The number of nitrogens with zero attached hydrogens (tertiary/aromatic N) is 1. The molecule has 18 heavy (non-hydrogen) atoms. The topological polar surface area (TPSA) is 60.8 Å². The molecule has 0 aromatic heterocycles. The Bertz CT molecular complexity index is 483. The third-order valence-corrected chi connectivity index (χ3v) is 5.22. The second-order valence-electron chi connectivity index (χ2n) is 3.96. The molecule has 1 amide bonds. The van der Waals surface area contributed by atoms with E-state index in [1.54, 1.807) is 0 Å². The van der Waals surface area contributed by atoms with E-state index < -0.39 is 22.5 Å². The van der Waals surface area contributed by atoms with Gasteiger partial charge in [0.15, 0.2) is 0 Å². The molecule has 0 saturated heterocycles. The Morgan fingerprint density at radius 2 is 2.06 bits per heavy atom. The molecule has 7 heteroatoms. The van der Waals surface area contributed by atoms with Crippen molar-refractivity contribution >= 4 is 32.6 Å². The van der Waals surface area contributed by atoms with E-state index >= 15 is 0 Å². The summed E-state index contributed by atoms with van der Waals surface area (Å²) in [6, 6.07) is 3.45. The molecule has 0 saturated carbocycles. The van der Waals surface area contributed by atoms with Gasteiger partial charge in [0.1, 0.15) is 5.82 Å². The fourth-order valence-corrected chi connectivity index (χ4v) is 3.89. The van der Waals surface area contributed by atoms with Crippen LogP contribution in [0.3, 0.4) is 0 Å². The molecule has 2 rings (SSSR count). The van der Waals surface area contributed by atoms with E-state index in [1.807, 2.05) is 0 Å². The highest BCUT2D eigenvalue weighted by Crippen LogP contribution is 2.58. The average Bonchev–Trinajstić information content (AvgIpc) is 2.50. The van der Waals surface area contributed by atoms with Crippen molar-refractivity contribution in [1.29, 1.82) is 0 Å². The summed E-state index contributed by atoms with van der Waals surface area (Å²) in [5.41, 5.74) is 0.0499. The van der Waals surface area contributed by atoms with Gasteiger partial charge in [0, 0.05) is 11.9 Å². The van der Waals surface area contributed by atoms with Crippen molar-refractivity contribution in [2.75, 3.05) is 11.9 Å². The zero-order valence-electron chi connectivity index (χ0n) is 9.47. The third-order valence-electron chi connectivity index (χ3n) is 2.75. The molecule has 0 bridgehead atoms. The van der Waals surface area contributed by atoms with Crippen LogP contribution in [0.25, 0.3) is 0 Å². The van der Waals surface area contributed by atoms with Crippen LogP contribution in [0.15, 0.2) is 23.1 Å². The summed E-state index contributed by atoms with van der Waals surface area (Å²) in [5.74, 6) is -1.07. The molecule has 1 aromatic carbocycles. The van der Waals surface area contributed by atoms with Crippen molar-refractivity contribution in [3.8, 4) is 0 Å². The minimum absolute atomic E-state index is 0.0499. The van der Waals surface area contributed by atoms with E-state index in [1.165, 1.54) is 6.07 Å². The van der Waals surface area contributed by atoms with Gasteiger partial charge >= 0.3 is 0 Å². The minimum Gasteiger partial charge on any atom is -0.277 e. The Labute approximate surface area is 114 Å². The lowest BCUT2D eigenvalue weighted by atomic mass is 10.2. The molecule has 0 atom stereocenters. The van der Waals surface area contributed by atoms with Gasteiger partial charge in [0.25, 0.3) is 5.91 Å². The molecule has 1 aromatic rings.